The second-order valence-electron chi connectivity index (χ2n) is 7.89. The Hall–Kier alpha value is -1.42. The molecule has 1 saturated heterocycles. The SMILES string of the molecule is Clc1cccc(CN(C2CCCCC2)[C@H]2CCNC2)c1Cl.O=C(O)[C@H](O)[C@@H](O)C(=O)O. The molecule has 0 aromatic heterocycles. The van der Waals surface area contributed by atoms with E-state index in [1.54, 1.807) is 0 Å². The summed E-state index contributed by atoms with van der Waals surface area (Å²) < 4.78 is 0. The maximum atomic E-state index is 9.77. The summed E-state index contributed by atoms with van der Waals surface area (Å²) in [6, 6.07) is 7.35. The van der Waals surface area contributed by atoms with Crippen molar-refractivity contribution in [3.63, 3.8) is 0 Å². The van der Waals surface area contributed by atoms with Crippen LogP contribution in [0.2, 0.25) is 10.0 Å². The highest BCUT2D eigenvalue weighted by Gasteiger charge is 2.30. The quantitative estimate of drug-likeness (QED) is 0.405. The van der Waals surface area contributed by atoms with E-state index in [1.165, 1.54) is 44.1 Å². The Kier molecular flexibility index (Phi) is 10.5. The Balaban J connectivity index is 0.000000291. The van der Waals surface area contributed by atoms with E-state index in [2.05, 4.69) is 16.3 Å². The van der Waals surface area contributed by atoms with E-state index < -0.39 is 24.1 Å². The van der Waals surface area contributed by atoms with Gasteiger partial charge in [0.2, 0.25) is 0 Å². The molecule has 8 nitrogen and oxygen atoms in total. The van der Waals surface area contributed by atoms with E-state index in [1.807, 2.05) is 12.1 Å². The van der Waals surface area contributed by atoms with Crippen LogP contribution in [-0.4, -0.2) is 74.6 Å². The molecule has 1 saturated carbocycles. The van der Waals surface area contributed by atoms with Crippen molar-refractivity contribution in [1.82, 2.24) is 10.2 Å². The summed E-state index contributed by atoms with van der Waals surface area (Å²) in [5.41, 5.74) is 1.17. The standard InChI is InChI=1S/C17H24Cl2N2.C4H6O6/c18-16-8-4-5-13(17(16)19)12-21(15-9-10-20-11-15)14-6-2-1-3-7-14;5-1(3(7)8)2(6)4(9)10/h4-5,8,14-15,20H,1-3,6-7,9-12H2;1-2,5-6H,(H,7,8)(H,9,10)/t15-;1-,2-/m01/s1. The minimum Gasteiger partial charge on any atom is -0.479 e. The van der Waals surface area contributed by atoms with Gasteiger partial charge in [-0.2, -0.15) is 0 Å². The molecular weight excluding hydrogens is 447 g/mol. The van der Waals surface area contributed by atoms with Crippen LogP contribution in [0.15, 0.2) is 18.2 Å². The van der Waals surface area contributed by atoms with Gasteiger partial charge in [0.25, 0.3) is 0 Å². The van der Waals surface area contributed by atoms with Gasteiger partial charge in [-0.25, -0.2) is 9.59 Å². The number of aliphatic hydroxyl groups excluding tert-OH is 2. The monoisotopic (exact) mass is 476 g/mol. The van der Waals surface area contributed by atoms with Crippen molar-refractivity contribution in [2.24, 2.45) is 0 Å². The van der Waals surface area contributed by atoms with Gasteiger partial charge in [0, 0.05) is 25.2 Å². The van der Waals surface area contributed by atoms with Crippen molar-refractivity contribution in [2.75, 3.05) is 13.1 Å². The Morgan fingerprint density at radius 1 is 1.00 bits per heavy atom. The second kappa shape index (κ2) is 12.6. The Labute approximate surface area is 191 Å². The summed E-state index contributed by atoms with van der Waals surface area (Å²) in [6.07, 6.45) is 3.49. The first-order valence-corrected chi connectivity index (χ1v) is 11.2. The molecule has 3 rings (SSSR count). The second-order valence-corrected chi connectivity index (χ2v) is 8.68. The first-order valence-electron chi connectivity index (χ1n) is 10.4. The number of rotatable bonds is 7. The van der Waals surface area contributed by atoms with Crippen LogP contribution in [0.3, 0.4) is 0 Å². The van der Waals surface area contributed by atoms with Crippen LogP contribution in [0.25, 0.3) is 0 Å². The highest BCUT2D eigenvalue weighted by Crippen LogP contribution is 2.31. The molecule has 2 fully saturated rings. The molecule has 0 amide bonds. The Morgan fingerprint density at radius 2 is 1.61 bits per heavy atom. The molecule has 1 aromatic rings. The maximum Gasteiger partial charge on any atom is 0.335 e. The van der Waals surface area contributed by atoms with Crippen LogP contribution in [-0.2, 0) is 16.1 Å². The fourth-order valence-electron chi connectivity index (χ4n) is 4.03. The number of hydrogen-bond acceptors (Lipinski definition) is 6. The summed E-state index contributed by atoms with van der Waals surface area (Å²) in [5, 5.41) is 37.4. The lowest BCUT2D eigenvalue weighted by Crippen LogP contribution is -2.44. The maximum absolute atomic E-state index is 9.77. The van der Waals surface area contributed by atoms with Gasteiger partial charge in [0.1, 0.15) is 0 Å². The van der Waals surface area contributed by atoms with Crippen molar-refractivity contribution in [3.05, 3.63) is 33.8 Å². The highest BCUT2D eigenvalue weighted by atomic mass is 35.5. The molecule has 0 spiro atoms. The molecule has 0 unspecified atom stereocenters. The third-order valence-electron chi connectivity index (χ3n) is 5.74. The zero-order chi connectivity index (χ0) is 23.0. The molecule has 1 aliphatic heterocycles. The molecule has 2 aliphatic rings. The van der Waals surface area contributed by atoms with Gasteiger partial charge < -0.3 is 25.7 Å². The third-order valence-corrected chi connectivity index (χ3v) is 6.59. The van der Waals surface area contributed by atoms with Crippen molar-refractivity contribution >= 4 is 35.1 Å². The molecule has 0 radical (unpaired) electrons. The van der Waals surface area contributed by atoms with Crippen molar-refractivity contribution in [3.8, 4) is 0 Å². The van der Waals surface area contributed by atoms with E-state index in [0.717, 1.165) is 24.7 Å². The van der Waals surface area contributed by atoms with Crippen LogP contribution in [0, 0.1) is 0 Å². The van der Waals surface area contributed by atoms with Crippen LogP contribution in [0.4, 0.5) is 0 Å². The Bertz CT molecular complexity index is 721. The first-order chi connectivity index (χ1) is 14.7. The molecular formula is C21H30Cl2N2O6. The molecule has 31 heavy (non-hydrogen) atoms. The van der Waals surface area contributed by atoms with E-state index in [-0.39, 0.29) is 0 Å². The van der Waals surface area contributed by atoms with Crippen LogP contribution in [0.1, 0.15) is 44.1 Å². The number of nitrogens with zero attached hydrogens (tertiary/aromatic N) is 1. The Morgan fingerprint density at radius 3 is 2.13 bits per heavy atom. The van der Waals surface area contributed by atoms with Gasteiger partial charge in [0.05, 0.1) is 10.0 Å². The molecule has 3 atom stereocenters. The number of carbonyl (C=O) groups is 2. The number of aliphatic carboxylic acids is 2. The zero-order valence-electron chi connectivity index (χ0n) is 17.2. The molecule has 1 heterocycles. The van der Waals surface area contributed by atoms with Crippen LogP contribution < -0.4 is 5.32 Å². The fourth-order valence-corrected chi connectivity index (χ4v) is 4.41. The topological polar surface area (TPSA) is 130 Å². The van der Waals surface area contributed by atoms with E-state index in [4.69, 9.17) is 43.6 Å². The number of carboxylic acid groups (broad SMARTS) is 2. The average Bonchev–Trinajstić information content (AvgIpc) is 3.29. The lowest BCUT2D eigenvalue weighted by molar-refractivity contribution is -0.165. The smallest absolute Gasteiger partial charge is 0.335 e. The summed E-state index contributed by atoms with van der Waals surface area (Å²) >= 11 is 12.6. The molecule has 5 N–H and O–H groups in total. The number of hydrogen-bond donors (Lipinski definition) is 5. The normalized spacial score (nSPS) is 21.3. The van der Waals surface area contributed by atoms with Gasteiger partial charge in [-0.15, -0.1) is 0 Å². The zero-order valence-corrected chi connectivity index (χ0v) is 18.7. The lowest BCUT2D eigenvalue weighted by Gasteiger charge is -2.38. The molecule has 10 heteroatoms. The molecule has 174 valence electrons. The van der Waals surface area contributed by atoms with Gasteiger partial charge in [-0.1, -0.05) is 54.6 Å². The van der Waals surface area contributed by atoms with Gasteiger partial charge >= 0.3 is 11.9 Å². The minimum atomic E-state index is -2.27. The van der Waals surface area contributed by atoms with E-state index >= 15 is 0 Å². The number of benzene rings is 1. The lowest BCUT2D eigenvalue weighted by atomic mass is 9.92. The largest absolute Gasteiger partial charge is 0.479 e. The molecule has 1 aromatic carbocycles. The molecule has 1 aliphatic carbocycles. The van der Waals surface area contributed by atoms with Crippen LogP contribution >= 0.6 is 23.2 Å². The van der Waals surface area contributed by atoms with E-state index in [0.29, 0.717) is 17.1 Å². The van der Waals surface area contributed by atoms with Gasteiger partial charge in [-0.3, -0.25) is 4.90 Å². The number of carboxylic acids is 2. The van der Waals surface area contributed by atoms with Crippen molar-refractivity contribution in [2.45, 2.75) is 69.4 Å². The minimum absolute atomic E-state index is 0.642. The third kappa shape index (κ3) is 7.59. The first kappa shape index (κ1) is 25.8. The van der Waals surface area contributed by atoms with Gasteiger partial charge in [-0.05, 0) is 37.4 Å². The summed E-state index contributed by atoms with van der Waals surface area (Å²) in [6.45, 7) is 3.17. The highest BCUT2D eigenvalue weighted by molar-refractivity contribution is 6.42. The number of aliphatic hydroxyl groups is 2. The average molecular weight is 477 g/mol. The predicted molar refractivity (Wildman–Crippen MR) is 117 cm³/mol. The van der Waals surface area contributed by atoms with Crippen molar-refractivity contribution in [1.29, 1.82) is 0 Å². The van der Waals surface area contributed by atoms with Gasteiger partial charge in [0.15, 0.2) is 12.2 Å². The molecule has 0 bridgehead atoms. The summed E-state index contributed by atoms with van der Waals surface area (Å²) in [4.78, 5) is 22.2. The summed E-state index contributed by atoms with van der Waals surface area (Å²) in [7, 11) is 0. The number of halogens is 2. The fraction of sp³-hybridized carbons (Fsp3) is 0.619. The van der Waals surface area contributed by atoms with Crippen LogP contribution in [0.5, 0.6) is 0 Å². The number of nitrogens with one attached hydrogen (secondary N) is 1. The van der Waals surface area contributed by atoms with Crippen molar-refractivity contribution < 1.29 is 30.0 Å². The van der Waals surface area contributed by atoms with E-state index in [9.17, 15) is 9.59 Å². The summed E-state index contributed by atoms with van der Waals surface area (Å²) in [5.74, 6) is -3.54. The predicted octanol–water partition coefficient (Wildman–Crippen LogP) is 2.37.